The van der Waals surface area contributed by atoms with Gasteiger partial charge < -0.3 is 9.47 Å². The third kappa shape index (κ3) is 3.52. The van der Waals surface area contributed by atoms with E-state index in [2.05, 4.69) is 21.4 Å². The normalized spacial score (nSPS) is 24.9. The quantitative estimate of drug-likeness (QED) is 0.794. The molecule has 2 aliphatic carbocycles. The Morgan fingerprint density at radius 1 is 1.17 bits per heavy atom. The van der Waals surface area contributed by atoms with Gasteiger partial charge in [0, 0.05) is 43.9 Å². The lowest BCUT2D eigenvalue weighted by Crippen LogP contribution is -2.29. The summed E-state index contributed by atoms with van der Waals surface area (Å²) in [4.78, 5) is 19.3. The monoisotopic (exact) mass is 329 g/mol. The van der Waals surface area contributed by atoms with Gasteiger partial charge >= 0.3 is 0 Å². The van der Waals surface area contributed by atoms with Crippen molar-refractivity contribution in [3.05, 3.63) is 17.7 Å². The van der Waals surface area contributed by atoms with E-state index < -0.39 is 0 Å². The number of carbonyl (C=O) groups excluding carboxylic acids is 1. The lowest BCUT2D eigenvalue weighted by molar-refractivity contribution is -0.130. The lowest BCUT2D eigenvalue weighted by Gasteiger charge is -2.19. The van der Waals surface area contributed by atoms with Crippen LogP contribution in [0.4, 0.5) is 0 Å². The lowest BCUT2D eigenvalue weighted by atomic mass is 10.0. The Kier molecular flexibility index (Phi) is 4.64. The molecule has 4 nitrogen and oxygen atoms in total. The minimum atomic E-state index is 0.397. The minimum absolute atomic E-state index is 0.397. The van der Waals surface area contributed by atoms with Gasteiger partial charge in [0.1, 0.15) is 5.82 Å². The topological polar surface area (TPSA) is 38.1 Å². The summed E-state index contributed by atoms with van der Waals surface area (Å²) in [5, 5.41) is 0. The van der Waals surface area contributed by atoms with Crippen LogP contribution in [-0.4, -0.2) is 33.4 Å². The Hall–Kier alpha value is -1.32. The second-order valence-electron chi connectivity index (χ2n) is 8.33. The molecular formula is C20H31N3O. The molecule has 2 heterocycles. The highest BCUT2D eigenvalue weighted by molar-refractivity contribution is 5.76. The third-order valence-corrected chi connectivity index (χ3v) is 6.35. The summed E-state index contributed by atoms with van der Waals surface area (Å²) in [6.07, 6.45) is 13.1. The highest BCUT2D eigenvalue weighted by Crippen LogP contribution is 2.40. The maximum atomic E-state index is 12.5. The number of nitrogens with zero attached hydrogens (tertiary/aromatic N) is 3. The second kappa shape index (κ2) is 6.89. The minimum Gasteiger partial charge on any atom is -0.342 e. The van der Waals surface area contributed by atoms with E-state index in [4.69, 9.17) is 0 Å². The van der Waals surface area contributed by atoms with Crippen LogP contribution in [0, 0.1) is 18.8 Å². The van der Waals surface area contributed by atoms with Crippen molar-refractivity contribution in [2.45, 2.75) is 77.2 Å². The molecule has 1 aromatic heterocycles. The summed E-state index contributed by atoms with van der Waals surface area (Å²) in [5.41, 5.74) is 1.28. The Labute approximate surface area is 145 Å². The van der Waals surface area contributed by atoms with Gasteiger partial charge in [-0.2, -0.15) is 0 Å². The van der Waals surface area contributed by atoms with Crippen LogP contribution in [0.5, 0.6) is 0 Å². The molecule has 1 aromatic rings. The number of aryl methyl sites for hydroxylation is 1. The van der Waals surface area contributed by atoms with Crippen LogP contribution in [0.2, 0.25) is 0 Å². The number of carbonyl (C=O) groups is 1. The molecule has 0 N–H and O–H groups in total. The Morgan fingerprint density at radius 2 is 1.96 bits per heavy atom. The van der Waals surface area contributed by atoms with Gasteiger partial charge in [0.15, 0.2) is 0 Å². The standard InChI is InChI=1S/C20H31N3O/c1-15-12-21-20(18-7-8-18)23(15)14-17-10-11-22(13-17)19(24)9-6-16-4-2-3-5-16/h12,16-18H,2-11,13-14H2,1H3. The first-order valence-electron chi connectivity index (χ1n) is 10.0. The molecule has 24 heavy (non-hydrogen) atoms. The van der Waals surface area contributed by atoms with Gasteiger partial charge in [0.05, 0.1) is 0 Å². The molecule has 1 aliphatic heterocycles. The van der Waals surface area contributed by atoms with Crippen LogP contribution in [0.1, 0.15) is 75.2 Å². The van der Waals surface area contributed by atoms with E-state index in [9.17, 15) is 4.79 Å². The molecule has 1 atom stereocenters. The molecule has 3 aliphatic rings. The third-order valence-electron chi connectivity index (χ3n) is 6.35. The average molecular weight is 329 g/mol. The molecule has 0 spiro atoms. The van der Waals surface area contributed by atoms with Crippen LogP contribution in [-0.2, 0) is 11.3 Å². The van der Waals surface area contributed by atoms with Crippen molar-refractivity contribution in [1.29, 1.82) is 0 Å². The van der Waals surface area contributed by atoms with E-state index in [1.54, 1.807) is 0 Å². The van der Waals surface area contributed by atoms with Gasteiger partial charge in [-0.25, -0.2) is 4.98 Å². The Bertz CT molecular complexity index is 584. The number of aromatic nitrogens is 2. The largest absolute Gasteiger partial charge is 0.342 e. The van der Waals surface area contributed by atoms with Gasteiger partial charge in [-0.15, -0.1) is 0 Å². The zero-order valence-electron chi connectivity index (χ0n) is 15.0. The summed E-state index contributed by atoms with van der Waals surface area (Å²) in [5.74, 6) is 3.81. The van der Waals surface area contributed by atoms with Gasteiger partial charge in [0.2, 0.25) is 5.91 Å². The van der Waals surface area contributed by atoms with Gasteiger partial charge in [0.25, 0.3) is 0 Å². The van der Waals surface area contributed by atoms with Crippen LogP contribution in [0.25, 0.3) is 0 Å². The van der Waals surface area contributed by atoms with Gasteiger partial charge in [-0.1, -0.05) is 25.7 Å². The SMILES string of the molecule is Cc1cnc(C2CC2)n1CC1CCN(C(=O)CCC2CCCC2)C1. The fourth-order valence-corrected chi connectivity index (χ4v) is 4.64. The molecule has 3 fully saturated rings. The van der Waals surface area contributed by atoms with E-state index in [-0.39, 0.29) is 0 Å². The van der Waals surface area contributed by atoms with E-state index in [1.165, 1.54) is 50.0 Å². The van der Waals surface area contributed by atoms with E-state index in [1.807, 2.05) is 6.20 Å². The van der Waals surface area contributed by atoms with Crippen molar-refractivity contribution >= 4 is 5.91 Å². The number of rotatable bonds is 6. The number of hydrogen-bond acceptors (Lipinski definition) is 2. The highest BCUT2D eigenvalue weighted by Gasteiger charge is 2.31. The molecule has 0 bridgehead atoms. The molecule has 1 unspecified atom stereocenters. The van der Waals surface area contributed by atoms with Crippen molar-refractivity contribution in [3.8, 4) is 0 Å². The van der Waals surface area contributed by atoms with Crippen molar-refractivity contribution in [2.75, 3.05) is 13.1 Å². The Balaban J connectivity index is 1.28. The van der Waals surface area contributed by atoms with Crippen LogP contribution in [0.15, 0.2) is 6.20 Å². The highest BCUT2D eigenvalue weighted by atomic mass is 16.2. The van der Waals surface area contributed by atoms with Crippen LogP contribution >= 0.6 is 0 Å². The average Bonchev–Trinajstić information content (AvgIpc) is 3.00. The summed E-state index contributed by atoms with van der Waals surface area (Å²) < 4.78 is 2.43. The predicted octanol–water partition coefficient (Wildman–Crippen LogP) is 3.89. The summed E-state index contributed by atoms with van der Waals surface area (Å²) >= 11 is 0. The molecular weight excluding hydrogens is 298 g/mol. The van der Waals surface area contributed by atoms with Crippen LogP contribution < -0.4 is 0 Å². The zero-order valence-corrected chi connectivity index (χ0v) is 15.0. The van der Waals surface area contributed by atoms with Crippen LogP contribution in [0.3, 0.4) is 0 Å². The van der Waals surface area contributed by atoms with Crippen molar-refractivity contribution < 1.29 is 4.79 Å². The number of hydrogen-bond donors (Lipinski definition) is 0. The first kappa shape index (κ1) is 16.2. The predicted molar refractivity (Wildman–Crippen MR) is 94.8 cm³/mol. The van der Waals surface area contributed by atoms with Gasteiger partial charge in [-0.05, 0) is 44.4 Å². The summed E-state index contributed by atoms with van der Waals surface area (Å²) in [7, 11) is 0. The summed E-state index contributed by atoms with van der Waals surface area (Å²) in [6, 6.07) is 0. The van der Waals surface area contributed by atoms with Gasteiger partial charge in [-0.3, -0.25) is 4.79 Å². The number of amides is 1. The smallest absolute Gasteiger partial charge is 0.222 e. The summed E-state index contributed by atoms with van der Waals surface area (Å²) in [6.45, 7) is 5.12. The fraction of sp³-hybridized carbons (Fsp3) is 0.800. The first-order chi connectivity index (χ1) is 11.7. The molecule has 4 rings (SSSR count). The van der Waals surface area contributed by atoms with Crippen molar-refractivity contribution in [2.24, 2.45) is 11.8 Å². The number of likely N-dealkylation sites (tertiary alicyclic amines) is 1. The first-order valence-corrected chi connectivity index (χ1v) is 10.0. The molecule has 132 valence electrons. The van der Waals surface area contributed by atoms with E-state index in [0.717, 1.165) is 44.8 Å². The molecule has 1 amide bonds. The van der Waals surface area contributed by atoms with E-state index in [0.29, 0.717) is 17.7 Å². The van der Waals surface area contributed by atoms with E-state index >= 15 is 0 Å². The van der Waals surface area contributed by atoms with Crippen molar-refractivity contribution in [1.82, 2.24) is 14.5 Å². The maximum Gasteiger partial charge on any atom is 0.222 e. The molecule has 2 saturated carbocycles. The molecule has 4 heteroatoms. The second-order valence-corrected chi connectivity index (χ2v) is 8.33. The molecule has 0 aromatic carbocycles. The van der Waals surface area contributed by atoms with Crippen molar-refractivity contribution in [3.63, 3.8) is 0 Å². The fourth-order valence-electron chi connectivity index (χ4n) is 4.64. The zero-order chi connectivity index (χ0) is 16.5. The molecule has 0 radical (unpaired) electrons. The maximum absolute atomic E-state index is 12.5. The Morgan fingerprint density at radius 3 is 2.71 bits per heavy atom. The molecule has 1 saturated heterocycles. The number of imidazole rings is 1.